The van der Waals surface area contributed by atoms with Crippen molar-refractivity contribution in [3.8, 4) is 0 Å². The highest BCUT2D eigenvalue weighted by atomic mass is 32.1. The number of nitrogens with one attached hydrogen (secondary N) is 1. The lowest BCUT2D eigenvalue weighted by atomic mass is 10.4. The van der Waals surface area contributed by atoms with Crippen molar-refractivity contribution in [2.75, 3.05) is 0 Å². The van der Waals surface area contributed by atoms with Gasteiger partial charge in [-0.15, -0.1) is 0 Å². The van der Waals surface area contributed by atoms with Crippen LogP contribution in [0, 0.1) is 0 Å². The fourth-order valence-corrected chi connectivity index (χ4v) is 0.258. The molecule has 1 rings (SSSR count). The van der Waals surface area contributed by atoms with Gasteiger partial charge in [0.25, 0.3) is 0 Å². The van der Waals surface area contributed by atoms with Crippen molar-refractivity contribution in [3.63, 3.8) is 0 Å². The third-order valence-corrected chi connectivity index (χ3v) is 1.07. The molecule has 0 saturated heterocycles. The number of aromatic nitrogens is 3. The molecule has 0 amide bonds. The number of rotatable bonds is 2. The van der Waals surface area contributed by atoms with Crippen LogP contribution in [0.15, 0.2) is 12.4 Å². The molecule has 1 heterocycles. The van der Waals surface area contributed by atoms with Crippen LogP contribution in [0.3, 0.4) is 0 Å². The summed E-state index contributed by atoms with van der Waals surface area (Å²) in [7, 11) is 0. The second-order valence-electron chi connectivity index (χ2n) is 1.60. The Morgan fingerprint density at radius 3 is 1.62 bits per heavy atom. The monoisotopic (exact) mass is 203 g/mol. The highest BCUT2D eigenvalue weighted by Crippen LogP contribution is 1.75. The van der Waals surface area contributed by atoms with Gasteiger partial charge < -0.3 is 10.2 Å². The van der Waals surface area contributed by atoms with Gasteiger partial charge in [0.15, 0.2) is 0 Å². The quantitative estimate of drug-likeness (QED) is 0.431. The molecule has 0 aromatic carbocycles. The minimum atomic E-state index is -1.58. The lowest BCUT2D eigenvalue weighted by molar-refractivity contribution is -0.133. The number of aromatic amines is 1. The number of hydrogen-bond acceptors (Lipinski definition) is 5. The Hall–Kier alpha value is -1.83. The number of carbonyl (C=O) groups is 2. The molecule has 13 heavy (non-hydrogen) atoms. The minimum absolute atomic E-state index is 0.981. The molecule has 1 aromatic heterocycles. The van der Waals surface area contributed by atoms with E-state index >= 15 is 0 Å². The molecule has 0 fully saturated rings. The van der Waals surface area contributed by atoms with Crippen molar-refractivity contribution in [2.45, 2.75) is 0 Å². The van der Waals surface area contributed by atoms with E-state index in [1.54, 1.807) is 12.4 Å². The van der Waals surface area contributed by atoms with E-state index in [1.165, 1.54) is 0 Å². The Bertz CT molecular complexity index is 264. The molecule has 7 nitrogen and oxygen atoms in total. The molecule has 0 unspecified atom stereocenters. The van der Waals surface area contributed by atoms with Gasteiger partial charge in [-0.3, -0.25) is 0 Å². The van der Waals surface area contributed by atoms with Crippen LogP contribution in [-0.4, -0.2) is 42.4 Å². The fourth-order valence-electron chi connectivity index (χ4n) is 0.258. The predicted molar refractivity (Wildman–Crippen MR) is 44.3 cm³/mol. The molecule has 3 N–H and O–H groups in total. The molecule has 8 heteroatoms. The van der Waals surface area contributed by atoms with E-state index in [9.17, 15) is 9.59 Å². The SMILES string of the molecule is O=C(O)C(=S)C(=O)O.c1cn[nH]n1. The van der Waals surface area contributed by atoms with Crippen LogP contribution in [0.25, 0.3) is 0 Å². The van der Waals surface area contributed by atoms with Crippen LogP contribution in [0.2, 0.25) is 0 Å². The second-order valence-corrected chi connectivity index (χ2v) is 2.00. The molecule has 0 saturated carbocycles. The van der Waals surface area contributed by atoms with Gasteiger partial charge in [0.1, 0.15) is 0 Å². The molecule has 0 aliphatic heterocycles. The fraction of sp³-hybridized carbons (Fsp3) is 0. The number of carboxylic acid groups (broad SMARTS) is 2. The molecule has 70 valence electrons. The van der Waals surface area contributed by atoms with Crippen LogP contribution in [0.5, 0.6) is 0 Å². The topological polar surface area (TPSA) is 116 Å². The zero-order valence-corrected chi connectivity index (χ0v) is 6.98. The van der Waals surface area contributed by atoms with E-state index in [-0.39, 0.29) is 0 Å². The van der Waals surface area contributed by atoms with Crippen LogP contribution in [-0.2, 0) is 9.59 Å². The summed E-state index contributed by atoms with van der Waals surface area (Å²) in [6.45, 7) is 0. The summed E-state index contributed by atoms with van der Waals surface area (Å²) in [5.74, 6) is -3.15. The van der Waals surface area contributed by atoms with Gasteiger partial charge in [-0.2, -0.15) is 15.4 Å². The van der Waals surface area contributed by atoms with E-state index in [1.807, 2.05) is 0 Å². The Balaban J connectivity index is 0.000000243. The molecule has 1 aromatic rings. The Labute approximate surface area is 77.4 Å². The summed E-state index contributed by atoms with van der Waals surface area (Å²) in [5, 5.41) is 25.0. The number of thiocarbonyl (C=S) groups is 1. The lowest BCUT2D eigenvalue weighted by Gasteiger charge is -1.83. The lowest BCUT2D eigenvalue weighted by Crippen LogP contribution is -2.19. The van der Waals surface area contributed by atoms with Crippen LogP contribution >= 0.6 is 12.2 Å². The number of H-pyrrole nitrogens is 1. The normalized spacial score (nSPS) is 8.00. The van der Waals surface area contributed by atoms with Crippen molar-refractivity contribution in [1.29, 1.82) is 0 Å². The second kappa shape index (κ2) is 5.77. The van der Waals surface area contributed by atoms with Gasteiger partial charge in [-0.1, -0.05) is 12.2 Å². The number of aliphatic carboxylic acids is 2. The summed E-state index contributed by atoms with van der Waals surface area (Å²) in [5.41, 5.74) is 0. The van der Waals surface area contributed by atoms with E-state index in [0.717, 1.165) is 0 Å². The first-order valence-corrected chi connectivity index (χ1v) is 3.26. The van der Waals surface area contributed by atoms with Gasteiger partial charge in [-0.05, 0) is 0 Å². The first kappa shape index (κ1) is 11.2. The molecule has 0 radical (unpaired) electrons. The van der Waals surface area contributed by atoms with Gasteiger partial charge in [0.2, 0.25) is 4.86 Å². The van der Waals surface area contributed by atoms with E-state index in [2.05, 4.69) is 27.6 Å². The molecular weight excluding hydrogens is 198 g/mol. The molecule has 0 aliphatic carbocycles. The standard InChI is InChI=1S/C3H2O4S.C2H3N3/c4-2(5)1(8)3(6)7;1-2-4-5-3-1/h(H,4,5)(H,6,7);1-2H,(H,3,4,5). The highest BCUT2D eigenvalue weighted by Gasteiger charge is 2.13. The molecular formula is C5H5N3O4S. The van der Waals surface area contributed by atoms with Gasteiger partial charge in [-0.25, -0.2) is 9.59 Å². The van der Waals surface area contributed by atoms with Crippen molar-refractivity contribution in [3.05, 3.63) is 12.4 Å². The molecule has 0 spiro atoms. The van der Waals surface area contributed by atoms with E-state index in [4.69, 9.17) is 10.2 Å². The summed E-state index contributed by atoms with van der Waals surface area (Å²) in [4.78, 5) is 18.3. The zero-order valence-electron chi connectivity index (χ0n) is 6.17. The first-order chi connectivity index (χ1) is 6.05. The Morgan fingerprint density at radius 1 is 1.15 bits per heavy atom. The molecule has 0 bridgehead atoms. The van der Waals surface area contributed by atoms with Crippen LogP contribution in [0.1, 0.15) is 0 Å². The van der Waals surface area contributed by atoms with Crippen molar-refractivity contribution >= 4 is 29.0 Å². The summed E-state index contributed by atoms with van der Waals surface area (Å²) in [6, 6.07) is 0. The third-order valence-electron chi connectivity index (χ3n) is 0.720. The van der Waals surface area contributed by atoms with Crippen LogP contribution < -0.4 is 0 Å². The maximum atomic E-state index is 9.62. The molecule has 0 aliphatic rings. The average molecular weight is 203 g/mol. The van der Waals surface area contributed by atoms with Gasteiger partial charge in [0.05, 0.1) is 12.4 Å². The number of nitrogens with zero attached hydrogens (tertiary/aromatic N) is 2. The molecule has 0 atom stereocenters. The minimum Gasteiger partial charge on any atom is -0.477 e. The summed E-state index contributed by atoms with van der Waals surface area (Å²) in [6.07, 6.45) is 3.17. The maximum absolute atomic E-state index is 9.62. The van der Waals surface area contributed by atoms with Gasteiger partial charge in [0, 0.05) is 0 Å². The predicted octanol–water partition coefficient (Wildman–Crippen LogP) is -0.670. The van der Waals surface area contributed by atoms with Crippen LogP contribution in [0.4, 0.5) is 0 Å². The summed E-state index contributed by atoms with van der Waals surface area (Å²) < 4.78 is 0. The Kier molecular flexibility index (Phi) is 4.96. The third kappa shape index (κ3) is 5.44. The number of carboxylic acids is 2. The maximum Gasteiger partial charge on any atom is 0.354 e. The van der Waals surface area contributed by atoms with E-state index in [0.29, 0.717) is 0 Å². The van der Waals surface area contributed by atoms with E-state index < -0.39 is 16.8 Å². The Morgan fingerprint density at radius 2 is 1.54 bits per heavy atom. The zero-order chi connectivity index (χ0) is 10.3. The van der Waals surface area contributed by atoms with Crippen molar-refractivity contribution in [2.24, 2.45) is 0 Å². The van der Waals surface area contributed by atoms with Gasteiger partial charge >= 0.3 is 11.9 Å². The largest absolute Gasteiger partial charge is 0.477 e. The van der Waals surface area contributed by atoms with Crippen molar-refractivity contribution in [1.82, 2.24) is 15.4 Å². The van der Waals surface area contributed by atoms with Crippen molar-refractivity contribution < 1.29 is 19.8 Å². The number of hydrogen-bond donors (Lipinski definition) is 3. The average Bonchev–Trinajstić information content (AvgIpc) is 2.59. The summed E-state index contributed by atoms with van der Waals surface area (Å²) >= 11 is 3.90. The smallest absolute Gasteiger partial charge is 0.354 e. The first-order valence-electron chi connectivity index (χ1n) is 2.86. The highest BCUT2D eigenvalue weighted by molar-refractivity contribution is 7.83.